The zero-order valence-corrected chi connectivity index (χ0v) is 14.4. The third-order valence-electron chi connectivity index (χ3n) is 4.85. The Bertz CT molecular complexity index is 793. The average molecular weight is 334 g/mol. The number of piperazine rings is 1. The van der Waals surface area contributed by atoms with Crippen molar-refractivity contribution < 1.29 is 0 Å². The molecule has 0 saturated carbocycles. The first-order valence-corrected chi connectivity index (χ1v) is 8.70. The SMILES string of the molecule is C[C@H](c1nnnn1-c1ccccc1)N1CCN(c2ccccc2)CC1. The summed E-state index contributed by atoms with van der Waals surface area (Å²) < 4.78 is 1.84. The lowest BCUT2D eigenvalue weighted by Crippen LogP contribution is -2.47. The third-order valence-corrected chi connectivity index (χ3v) is 4.85. The number of hydrogen-bond acceptors (Lipinski definition) is 5. The van der Waals surface area contributed by atoms with Crippen LogP contribution in [0.4, 0.5) is 5.69 Å². The highest BCUT2D eigenvalue weighted by Gasteiger charge is 2.26. The van der Waals surface area contributed by atoms with Gasteiger partial charge in [0.2, 0.25) is 0 Å². The Balaban J connectivity index is 1.47. The van der Waals surface area contributed by atoms with Gasteiger partial charge in [-0.1, -0.05) is 36.4 Å². The normalized spacial score (nSPS) is 16.8. The average Bonchev–Trinajstić information content (AvgIpc) is 3.19. The molecule has 2 aromatic carbocycles. The van der Waals surface area contributed by atoms with Crippen molar-refractivity contribution in [2.75, 3.05) is 31.1 Å². The molecular weight excluding hydrogens is 312 g/mol. The van der Waals surface area contributed by atoms with E-state index in [4.69, 9.17) is 0 Å². The van der Waals surface area contributed by atoms with Crippen molar-refractivity contribution in [3.05, 3.63) is 66.5 Å². The predicted octanol–water partition coefficient (Wildman–Crippen LogP) is 2.55. The second-order valence-corrected chi connectivity index (χ2v) is 6.32. The number of hydrogen-bond donors (Lipinski definition) is 0. The van der Waals surface area contributed by atoms with Crippen molar-refractivity contribution in [1.29, 1.82) is 0 Å². The summed E-state index contributed by atoms with van der Waals surface area (Å²) in [5.41, 5.74) is 2.29. The Kier molecular flexibility index (Phi) is 4.43. The van der Waals surface area contributed by atoms with Crippen LogP contribution in [0.3, 0.4) is 0 Å². The number of para-hydroxylation sites is 2. The van der Waals surface area contributed by atoms with Gasteiger partial charge in [-0.25, -0.2) is 0 Å². The minimum Gasteiger partial charge on any atom is -0.369 e. The Labute approximate surface area is 147 Å². The van der Waals surface area contributed by atoms with E-state index in [2.05, 4.69) is 62.6 Å². The van der Waals surface area contributed by atoms with E-state index in [1.54, 1.807) is 0 Å². The maximum Gasteiger partial charge on any atom is 0.173 e. The molecule has 3 aromatic rings. The first kappa shape index (κ1) is 15.8. The Morgan fingerprint density at radius 3 is 2.04 bits per heavy atom. The molecule has 4 rings (SSSR count). The van der Waals surface area contributed by atoms with Gasteiger partial charge in [0.15, 0.2) is 5.82 Å². The number of benzene rings is 2. The quantitative estimate of drug-likeness (QED) is 0.734. The molecule has 1 aromatic heterocycles. The lowest BCUT2D eigenvalue weighted by molar-refractivity contribution is 0.189. The second kappa shape index (κ2) is 7.03. The molecule has 128 valence electrons. The van der Waals surface area contributed by atoms with E-state index in [1.165, 1.54) is 5.69 Å². The van der Waals surface area contributed by atoms with Crippen LogP contribution in [0, 0.1) is 0 Å². The molecule has 2 heterocycles. The minimum atomic E-state index is 0.174. The first-order chi connectivity index (χ1) is 12.3. The van der Waals surface area contributed by atoms with Crippen molar-refractivity contribution >= 4 is 5.69 Å². The summed E-state index contributed by atoms with van der Waals surface area (Å²) in [5, 5.41) is 12.4. The fraction of sp³-hybridized carbons (Fsp3) is 0.316. The molecule has 1 aliphatic rings. The molecule has 0 aliphatic carbocycles. The summed E-state index contributed by atoms with van der Waals surface area (Å²) in [6, 6.07) is 20.8. The number of nitrogens with zero attached hydrogens (tertiary/aromatic N) is 6. The fourth-order valence-corrected chi connectivity index (χ4v) is 3.38. The Hall–Kier alpha value is -2.73. The minimum absolute atomic E-state index is 0.174. The molecule has 1 aliphatic heterocycles. The molecule has 6 nitrogen and oxygen atoms in total. The molecular formula is C19H22N6. The summed E-state index contributed by atoms with van der Waals surface area (Å²) in [5.74, 6) is 0.888. The predicted molar refractivity (Wildman–Crippen MR) is 97.8 cm³/mol. The van der Waals surface area contributed by atoms with E-state index < -0.39 is 0 Å². The topological polar surface area (TPSA) is 50.1 Å². The van der Waals surface area contributed by atoms with Gasteiger partial charge in [-0.3, -0.25) is 4.90 Å². The van der Waals surface area contributed by atoms with E-state index in [9.17, 15) is 0 Å². The largest absolute Gasteiger partial charge is 0.369 e. The zero-order chi connectivity index (χ0) is 17.1. The molecule has 6 heteroatoms. The van der Waals surface area contributed by atoms with Crippen LogP contribution in [0.2, 0.25) is 0 Å². The van der Waals surface area contributed by atoms with Crippen LogP contribution in [-0.4, -0.2) is 51.3 Å². The summed E-state index contributed by atoms with van der Waals surface area (Å²) in [6.07, 6.45) is 0. The van der Waals surface area contributed by atoms with Gasteiger partial charge in [0.1, 0.15) is 0 Å². The third kappa shape index (κ3) is 3.25. The lowest BCUT2D eigenvalue weighted by atomic mass is 10.2. The number of aromatic nitrogens is 4. The van der Waals surface area contributed by atoms with Gasteiger partial charge >= 0.3 is 0 Å². The van der Waals surface area contributed by atoms with Crippen LogP contribution in [0.25, 0.3) is 5.69 Å². The van der Waals surface area contributed by atoms with E-state index in [0.717, 1.165) is 37.7 Å². The molecule has 0 spiro atoms. The molecule has 25 heavy (non-hydrogen) atoms. The van der Waals surface area contributed by atoms with E-state index in [0.29, 0.717) is 0 Å². The zero-order valence-electron chi connectivity index (χ0n) is 14.4. The van der Waals surface area contributed by atoms with Crippen molar-refractivity contribution in [2.45, 2.75) is 13.0 Å². The van der Waals surface area contributed by atoms with Gasteiger partial charge in [0.25, 0.3) is 0 Å². The number of anilines is 1. The Morgan fingerprint density at radius 2 is 1.40 bits per heavy atom. The van der Waals surface area contributed by atoms with Gasteiger partial charge in [-0.15, -0.1) is 5.10 Å². The van der Waals surface area contributed by atoms with Crippen LogP contribution in [0.15, 0.2) is 60.7 Å². The maximum atomic E-state index is 4.29. The van der Waals surface area contributed by atoms with Gasteiger partial charge in [-0.2, -0.15) is 4.68 Å². The highest BCUT2D eigenvalue weighted by molar-refractivity contribution is 5.46. The molecule has 0 bridgehead atoms. The molecule has 0 radical (unpaired) electrons. The van der Waals surface area contributed by atoms with E-state index >= 15 is 0 Å². The molecule has 0 amide bonds. The lowest BCUT2D eigenvalue weighted by Gasteiger charge is -2.38. The standard InChI is InChI=1S/C19H22N6/c1-16(19-20-21-22-25(19)18-10-6-3-7-11-18)23-12-14-24(15-13-23)17-8-4-2-5-9-17/h2-11,16H,12-15H2,1H3/t16-/m1/s1. The van der Waals surface area contributed by atoms with E-state index in [-0.39, 0.29) is 6.04 Å². The van der Waals surface area contributed by atoms with Crippen LogP contribution >= 0.6 is 0 Å². The first-order valence-electron chi connectivity index (χ1n) is 8.70. The summed E-state index contributed by atoms with van der Waals surface area (Å²) in [7, 11) is 0. The van der Waals surface area contributed by atoms with Crippen LogP contribution in [0.5, 0.6) is 0 Å². The van der Waals surface area contributed by atoms with Gasteiger partial charge in [0, 0.05) is 31.9 Å². The summed E-state index contributed by atoms with van der Waals surface area (Å²) >= 11 is 0. The number of rotatable bonds is 4. The highest BCUT2D eigenvalue weighted by atomic mass is 15.6. The van der Waals surface area contributed by atoms with E-state index in [1.807, 2.05) is 35.0 Å². The Morgan fingerprint density at radius 1 is 0.800 bits per heavy atom. The summed E-state index contributed by atoms with van der Waals surface area (Å²) in [4.78, 5) is 4.88. The van der Waals surface area contributed by atoms with Crippen LogP contribution in [0.1, 0.15) is 18.8 Å². The van der Waals surface area contributed by atoms with Gasteiger partial charge in [0.05, 0.1) is 11.7 Å². The molecule has 1 saturated heterocycles. The highest BCUT2D eigenvalue weighted by Crippen LogP contribution is 2.23. The smallest absolute Gasteiger partial charge is 0.173 e. The maximum absolute atomic E-state index is 4.29. The molecule has 1 fully saturated rings. The second-order valence-electron chi connectivity index (χ2n) is 6.32. The van der Waals surface area contributed by atoms with Crippen molar-refractivity contribution in [3.63, 3.8) is 0 Å². The van der Waals surface area contributed by atoms with Gasteiger partial charge in [-0.05, 0) is 41.6 Å². The van der Waals surface area contributed by atoms with Crippen molar-refractivity contribution in [3.8, 4) is 5.69 Å². The molecule has 1 atom stereocenters. The summed E-state index contributed by atoms with van der Waals surface area (Å²) in [6.45, 7) is 6.21. The van der Waals surface area contributed by atoms with Crippen molar-refractivity contribution in [2.24, 2.45) is 0 Å². The van der Waals surface area contributed by atoms with Crippen LogP contribution in [-0.2, 0) is 0 Å². The van der Waals surface area contributed by atoms with Crippen molar-refractivity contribution in [1.82, 2.24) is 25.1 Å². The number of tetrazole rings is 1. The molecule has 0 N–H and O–H groups in total. The monoisotopic (exact) mass is 334 g/mol. The van der Waals surface area contributed by atoms with Gasteiger partial charge < -0.3 is 4.90 Å². The fourth-order valence-electron chi connectivity index (χ4n) is 3.38. The molecule has 0 unspecified atom stereocenters. The van der Waals surface area contributed by atoms with Crippen LogP contribution < -0.4 is 4.90 Å².